The maximum absolute atomic E-state index is 12.4. The first-order chi connectivity index (χ1) is 12.0. The van der Waals surface area contributed by atoms with Crippen LogP contribution in [0.15, 0.2) is 30.5 Å². The Morgan fingerprint density at radius 3 is 3.00 bits per heavy atom. The van der Waals surface area contributed by atoms with Gasteiger partial charge in [0.1, 0.15) is 12.3 Å². The Labute approximate surface area is 146 Å². The van der Waals surface area contributed by atoms with E-state index in [2.05, 4.69) is 22.5 Å². The molecule has 0 unspecified atom stereocenters. The van der Waals surface area contributed by atoms with Gasteiger partial charge in [-0.25, -0.2) is 0 Å². The summed E-state index contributed by atoms with van der Waals surface area (Å²) in [5.74, 6) is 0.913. The van der Waals surface area contributed by atoms with Crippen molar-refractivity contribution in [1.82, 2.24) is 9.78 Å². The summed E-state index contributed by atoms with van der Waals surface area (Å²) in [5.41, 5.74) is 7.61. The molecule has 7 heteroatoms. The number of nitrogens with two attached hydrogens (primary N) is 1. The summed E-state index contributed by atoms with van der Waals surface area (Å²) < 4.78 is 6.69. The molecule has 0 bridgehead atoms. The smallest absolute Gasteiger partial charge is 0.239 e. The second-order valence-corrected chi connectivity index (χ2v) is 6.27. The van der Waals surface area contributed by atoms with Gasteiger partial charge in [-0.1, -0.05) is 6.07 Å². The lowest BCUT2D eigenvalue weighted by Crippen LogP contribution is -2.20. The zero-order chi connectivity index (χ0) is 17.8. The summed E-state index contributed by atoms with van der Waals surface area (Å²) in [6, 6.07) is 7.72. The van der Waals surface area contributed by atoms with Crippen molar-refractivity contribution in [2.24, 2.45) is 5.73 Å². The molecular weight excluding hydrogens is 320 g/mol. The number of nitrogens with zero attached hydrogens (tertiary/aromatic N) is 2. The molecule has 1 aromatic heterocycles. The van der Waals surface area contributed by atoms with Gasteiger partial charge in [-0.15, -0.1) is 0 Å². The van der Waals surface area contributed by atoms with E-state index in [0.29, 0.717) is 12.2 Å². The molecule has 2 aromatic rings. The molecule has 0 radical (unpaired) electrons. The Morgan fingerprint density at radius 2 is 2.24 bits per heavy atom. The zero-order valence-corrected chi connectivity index (χ0v) is 14.2. The number of methoxy groups -OCH3 is 1. The normalized spacial score (nSPS) is 16.1. The number of nitrogens with one attached hydrogen (secondary N) is 1. The van der Waals surface area contributed by atoms with Gasteiger partial charge < -0.3 is 15.8 Å². The van der Waals surface area contributed by atoms with Crippen LogP contribution in [-0.4, -0.2) is 28.7 Å². The summed E-state index contributed by atoms with van der Waals surface area (Å²) in [6.07, 6.45) is 5.08. The lowest BCUT2D eigenvalue weighted by molar-refractivity contribution is -0.118. The second-order valence-electron chi connectivity index (χ2n) is 6.27. The predicted octanol–water partition coefficient (Wildman–Crippen LogP) is 1.83. The molecule has 0 spiro atoms. The average Bonchev–Trinajstić information content (AvgIpc) is 3.00. The zero-order valence-electron chi connectivity index (χ0n) is 14.2. The van der Waals surface area contributed by atoms with Gasteiger partial charge in [0.15, 0.2) is 5.82 Å². The molecule has 132 valence electrons. The molecular formula is C18H22N4O3. The highest BCUT2D eigenvalue weighted by Crippen LogP contribution is 2.35. The van der Waals surface area contributed by atoms with Crippen molar-refractivity contribution >= 4 is 17.6 Å². The van der Waals surface area contributed by atoms with E-state index in [-0.39, 0.29) is 18.4 Å². The number of fused-ring (bicyclic) bond motifs is 1. The number of carbonyl (C=O) groups excluding carboxylic acids is 2. The maximum atomic E-state index is 12.4. The van der Waals surface area contributed by atoms with Crippen molar-refractivity contribution in [3.8, 4) is 5.75 Å². The Balaban J connectivity index is 1.64. The van der Waals surface area contributed by atoms with Crippen LogP contribution in [0.1, 0.15) is 36.3 Å². The molecule has 1 heterocycles. The molecule has 1 aliphatic rings. The first kappa shape index (κ1) is 17.0. The van der Waals surface area contributed by atoms with Gasteiger partial charge in [0.25, 0.3) is 0 Å². The lowest BCUT2D eigenvalue weighted by Gasteiger charge is -2.25. The molecule has 1 aliphatic carbocycles. The Kier molecular flexibility index (Phi) is 5.02. The van der Waals surface area contributed by atoms with Crippen LogP contribution in [0.25, 0.3) is 0 Å². The van der Waals surface area contributed by atoms with Crippen LogP contribution in [0.2, 0.25) is 0 Å². The fourth-order valence-electron chi connectivity index (χ4n) is 3.32. The fourth-order valence-corrected chi connectivity index (χ4v) is 3.32. The van der Waals surface area contributed by atoms with Gasteiger partial charge in [0.2, 0.25) is 11.8 Å². The third-order valence-corrected chi connectivity index (χ3v) is 4.45. The summed E-state index contributed by atoms with van der Waals surface area (Å²) in [5, 5.41) is 6.91. The molecule has 1 atom stereocenters. The molecule has 1 aromatic carbocycles. The largest absolute Gasteiger partial charge is 0.497 e. The first-order valence-electron chi connectivity index (χ1n) is 8.33. The first-order valence-corrected chi connectivity index (χ1v) is 8.33. The Morgan fingerprint density at radius 1 is 1.40 bits per heavy atom. The minimum atomic E-state index is -0.477. The van der Waals surface area contributed by atoms with Crippen LogP contribution in [0.5, 0.6) is 5.75 Å². The number of amides is 2. The van der Waals surface area contributed by atoms with Crippen LogP contribution < -0.4 is 15.8 Å². The van der Waals surface area contributed by atoms with Crippen LogP contribution in [0.4, 0.5) is 5.82 Å². The van der Waals surface area contributed by atoms with E-state index in [9.17, 15) is 9.59 Å². The highest BCUT2D eigenvalue weighted by molar-refractivity contribution is 5.90. The van der Waals surface area contributed by atoms with Gasteiger partial charge in [0.05, 0.1) is 7.11 Å². The standard InChI is InChI=1S/C18H22N4O3/c1-25-14-5-6-15-12(9-14)3-2-4-13(15)10-18(24)20-17-7-8-22(21-17)11-16(19)23/h5-9,13H,2-4,10-11H2,1H3,(H2,19,23)(H,20,21,24)/t13-/m1/s1. The van der Waals surface area contributed by atoms with E-state index in [1.165, 1.54) is 15.8 Å². The number of hydrogen-bond acceptors (Lipinski definition) is 4. The third-order valence-electron chi connectivity index (χ3n) is 4.45. The highest BCUT2D eigenvalue weighted by Gasteiger charge is 2.23. The van der Waals surface area contributed by atoms with Gasteiger partial charge in [-0.05, 0) is 48.4 Å². The molecule has 3 N–H and O–H groups in total. The van der Waals surface area contributed by atoms with E-state index in [1.54, 1.807) is 19.4 Å². The van der Waals surface area contributed by atoms with Crippen molar-refractivity contribution < 1.29 is 14.3 Å². The molecule has 0 saturated carbocycles. The summed E-state index contributed by atoms with van der Waals surface area (Å²) in [6.45, 7) is -0.00625. The lowest BCUT2D eigenvalue weighted by atomic mass is 9.81. The summed E-state index contributed by atoms with van der Waals surface area (Å²) >= 11 is 0. The van der Waals surface area contributed by atoms with Crippen LogP contribution >= 0.6 is 0 Å². The monoisotopic (exact) mass is 342 g/mol. The molecule has 0 aliphatic heterocycles. The highest BCUT2D eigenvalue weighted by atomic mass is 16.5. The van der Waals surface area contributed by atoms with Crippen molar-refractivity contribution in [2.75, 3.05) is 12.4 Å². The van der Waals surface area contributed by atoms with E-state index in [4.69, 9.17) is 10.5 Å². The minimum absolute atomic E-state index is 0.00625. The van der Waals surface area contributed by atoms with Gasteiger partial charge >= 0.3 is 0 Å². The molecule has 0 fully saturated rings. The van der Waals surface area contributed by atoms with Gasteiger partial charge in [-0.3, -0.25) is 14.3 Å². The van der Waals surface area contributed by atoms with Crippen LogP contribution in [-0.2, 0) is 22.6 Å². The number of carbonyl (C=O) groups is 2. The number of anilines is 1. The predicted molar refractivity (Wildman–Crippen MR) is 93.3 cm³/mol. The Bertz CT molecular complexity index is 784. The van der Waals surface area contributed by atoms with Crippen LogP contribution in [0, 0.1) is 0 Å². The SMILES string of the molecule is COc1ccc2c(c1)CCC[C@@H]2CC(=O)Nc1ccn(CC(N)=O)n1. The Hall–Kier alpha value is -2.83. The number of aromatic nitrogens is 2. The maximum Gasteiger partial charge on any atom is 0.239 e. The molecule has 0 saturated heterocycles. The van der Waals surface area contributed by atoms with E-state index >= 15 is 0 Å². The van der Waals surface area contributed by atoms with Gasteiger partial charge in [-0.2, -0.15) is 5.10 Å². The topological polar surface area (TPSA) is 99.2 Å². The fraction of sp³-hybridized carbons (Fsp3) is 0.389. The van der Waals surface area contributed by atoms with Crippen molar-refractivity contribution in [2.45, 2.75) is 38.1 Å². The summed E-state index contributed by atoms with van der Waals surface area (Å²) in [7, 11) is 1.66. The molecule has 2 amide bonds. The van der Waals surface area contributed by atoms with E-state index in [1.807, 2.05) is 6.07 Å². The van der Waals surface area contributed by atoms with Crippen molar-refractivity contribution in [3.63, 3.8) is 0 Å². The van der Waals surface area contributed by atoms with Gasteiger partial charge in [0, 0.05) is 18.7 Å². The minimum Gasteiger partial charge on any atom is -0.497 e. The average molecular weight is 342 g/mol. The van der Waals surface area contributed by atoms with Crippen molar-refractivity contribution in [3.05, 3.63) is 41.6 Å². The number of primary amides is 1. The van der Waals surface area contributed by atoms with Crippen LogP contribution in [0.3, 0.4) is 0 Å². The number of hydrogen-bond donors (Lipinski definition) is 2. The quantitative estimate of drug-likeness (QED) is 0.836. The molecule has 25 heavy (non-hydrogen) atoms. The number of aryl methyl sites for hydroxylation is 1. The molecule has 7 nitrogen and oxygen atoms in total. The summed E-state index contributed by atoms with van der Waals surface area (Å²) in [4.78, 5) is 23.3. The number of ether oxygens (including phenoxy) is 1. The number of rotatable bonds is 6. The third kappa shape index (κ3) is 4.17. The van der Waals surface area contributed by atoms with E-state index in [0.717, 1.165) is 25.0 Å². The van der Waals surface area contributed by atoms with Crippen molar-refractivity contribution in [1.29, 1.82) is 0 Å². The second kappa shape index (κ2) is 7.38. The van der Waals surface area contributed by atoms with E-state index < -0.39 is 5.91 Å². The number of benzene rings is 1. The molecule has 3 rings (SSSR count).